The van der Waals surface area contributed by atoms with E-state index in [4.69, 9.17) is 9.47 Å². The normalized spacial score (nSPS) is 18.2. The summed E-state index contributed by atoms with van der Waals surface area (Å²) in [5, 5.41) is 3.59. The topological polar surface area (TPSA) is 30.5 Å². The summed E-state index contributed by atoms with van der Waals surface area (Å²) in [7, 11) is 3.33. The molecule has 18 heavy (non-hydrogen) atoms. The number of benzene rings is 1. The SMILES string of the molecule is COc1ccc(CNC(C)C2(C)CC2)cc1OC. The third-order valence-electron chi connectivity index (χ3n) is 4.14. The predicted octanol–water partition coefficient (Wildman–Crippen LogP) is 2.98. The van der Waals surface area contributed by atoms with Crippen LogP contribution in [0.3, 0.4) is 0 Å². The van der Waals surface area contributed by atoms with Crippen molar-refractivity contribution in [3.8, 4) is 11.5 Å². The van der Waals surface area contributed by atoms with Crippen molar-refractivity contribution in [1.29, 1.82) is 0 Å². The zero-order valence-corrected chi connectivity index (χ0v) is 11.7. The van der Waals surface area contributed by atoms with Crippen LogP contribution in [0.5, 0.6) is 11.5 Å². The standard InChI is InChI=1S/C15H23NO2/c1-11(15(2)7-8-15)16-10-12-5-6-13(17-3)14(9-12)18-4/h5-6,9,11,16H,7-8,10H2,1-4H3. The Bertz CT molecular complexity index is 413. The molecule has 1 N–H and O–H groups in total. The lowest BCUT2D eigenvalue weighted by Crippen LogP contribution is -2.32. The molecule has 0 aromatic heterocycles. The number of ether oxygens (including phenoxy) is 2. The maximum atomic E-state index is 5.31. The minimum atomic E-state index is 0.510. The minimum absolute atomic E-state index is 0.510. The Labute approximate surface area is 109 Å². The first-order chi connectivity index (χ1) is 8.59. The average molecular weight is 249 g/mol. The summed E-state index contributed by atoms with van der Waals surface area (Å²) >= 11 is 0. The predicted molar refractivity (Wildman–Crippen MR) is 73.2 cm³/mol. The van der Waals surface area contributed by atoms with Gasteiger partial charge < -0.3 is 14.8 Å². The summed E-state index contributed by atoms with van der Waals surface area (Å²) in [6, 6.07) is 6.63. The molecular formula is C15H23NO2. The molecule has 1 aliphatic carbocycles. The van der Waals surface area contributed by atoms with Gasteiger partial charge in [-0.3, -0.25) is 0 Å². The number of methoxy groups -OCH3 is 2. The van der Waals surface area contributed by atoms with Gasteiger partial charge in [-0.15, -0.1) is 0 Å². The van der Waals surface area contributed by atoms with E-state index >= 15 is 0 Å². The average Bonchev–Trinajstić information content (AvgIpc) is 3.14. The minimum Gasteiger partial charge on any atom is -0.493 e. The van der Waals surface area contributed by atoms with Crippen molar-refractivity contribution >= 4 is 0 Å². The molecule has 1 aliphatic rings. The Kier molecular flexibility index (Phi) is 3.81. The van der Waals surface area contributed by atoms with Gasteiger partial charge >= 0.3 is 0 Å². The van der Waals surface area contributed by atoms with Gasteiger partial charge in [-0.1, -0.05) is 13.0 Å². The van der Waals surface area contributed by atoms with Crippen LogP contribution in [0.2, 0.25) is 0 Å². The van der Waals surface area contributed by atoms with Crippen molar-refractivity contribution in [3.05, 3.63) is 23.8 Å². The molecule has 0 bridgehead atoms. The molecule has 0 amide bonds. The second-order valence-corrected chi connectivity index (χ2v) is 5.45. The molecule has 1 aromatic carbocycles. The van der Waals surface area contributed by atoms with Crippen molar-refractivity contribution in [2.75, 3.05) is 14.2 Å². The third kappa shape index (κ3) is 2.78. The monoisotopic (exact) mass is 249 g/mol. The summed E-state index contributed by atoms with van der Waals surface area (Å²) in [4.78, 5) is 0. The molecule has 0 saturated heterocycles. The molecular weight excluding hydrogens is 226 g/mol. The highest BCUT2D eigenvalue weighted by Crippen LogP contribution is 2.48. The molecule has 1 aromatic rings. The van der Waals surface area contributed by atoms with Crippen LogP contribution in [0.25, 0.3) is 0 Å². The summed E-state index contributed by atoms with van der Waals surface area (Å²) in [6.07, 6.45) is 2.68. The Morgan fingerprint density at radius 1 is 1.22 bits per heavy atom. The van der Waals surface area contributed by atoms with Crippen molar-refractivity contribution in [1.82, 2.24) is 5.32 Å². The van der Waals surface area contributed by atoms with Crippen LogP contribution in [0.15, 0.2) is 18.2 Å². The van der Waals surface area contributed by atoms with E-state index < -0.39 is 0 Å². The lowest BCUT2D eigenvalue weighted by atomic mass is 10.0. The van der Waals surface area contributed by atoms with Crippen LogP contribution < -0.4 is 14.8 Å². The van der Waals surface area contributed by atoms with E-state index in [1.54, 1.807) is 14.2 Å². The maximum Gasteiger partial charge on any atom is 0.161 e. The van der Waals surface area contributed by atoms with Gasteiger partial charge in [-0.25, -0.2) is 0 Å². The van der Waals surface area contributed by atoms with Gasteiger partial charge in [0.05, 0.1) is 14.2 Å². The first-order valence-corrected chi connectivity index (χ1v) is 6.53. The van der Waals surface area contributed by atoms with E-state index in [1.807, 2.05) is 12.1 Å². The van der Waals surface area contributed by atoms with Crippen LogP contribution in [0.1, 0.15) is 32.3 Å². The van der Waals surface area contributed by atoms with Crippen LogP contribution in [0.4, 0.5) is 0 Å². The van der Waals surface area contributed by atoms with E-state index in [0.717, 1.165) is 18.0 Å². The molecule has 0 aliphatic heterocycles. The zero-order chi connectivity index (χ0) is 13.2. The van der Waals surface area contributed by atoms with Crippen LogP contribution in [0, 0.1) is 5.41 Å². The van der Waals surface area contributed by atoms with Crippen molar-refractivity contribution in [2.24, 2.45) is 5.41 Å². The zero-order valence-electron chi connectivity index (χ0n) is 11.7. The molecule has 0 spiro atoms. The van der Waals surface area contributed by atoms with Crippen LogP contribution in [-0.4, -0.2) is 20.3 Å². The maximum absolute atomic E-state index is 5.31. The molecule has 3 nitrogen and oxygen atoms in total. The fraction of sp³-hybridized carbons (Fsp3) is 0.600. The van der Waals surface area contributed by atoms with E-state index in [-0.39, 0.29) is 0 Å². The van der Waals surface area contributed by atoms with Crippen LogP contribution >= 0.6 is 0 Å². The number of hydrogen-bond acceptors (Lipinski definition) is 3. The van der Waals surface area contributed by atoms with Crippen molar-refractivity contribution < 1.29 is 9.47 Å². The van der Waals surface area contributed by atoms with Gasteiger partial charge in [-0.2, -0.15) is 0 Å². The molecule has 0 radical (unpaired) electrons. The van der Waals surface area contributed by atoms with E-state index in [1.165, 1.54) is 18.4 Å². The molecule has 0 heterocycles. The van der Waals surface area contributed by atoms with Gasteiger partial charge in [0.15, 0.2) is 11.5 Å². The molecule has 2 rings (SSSR count). The first-order valence-electron chi connectivity index (χ1n) is 6.53. The third-order valence-corrected chi connectivity index (χ3v) is 4.14. The summed E-state index contributed by atoms with van der Waals surface area (Å²) in [6.45, 7) is 5.49. The summed E-state index contributed by atoms with van der Waals surface area (Å²) in [5.41, 5.74) is 1.74. The number of rotatable bonds is 6. The smallest absolute Gasteiger partial charge is 0.161 e. The van der Waals surface area contributed by atoms with E-state index in [2.05, 4.69) is 25.2 Å². The van der Waals surface area contributed by atoms with Gasteiger partial charge in [0.25, 0.3) is 0 Å². The summed E-state index contributed by atoms with van der Waals surface area (Å²) < 4.78 is 10.5. The molecule has 1 fully saturated rings. The summed E-state index contributed by atoms with van der Waals surface area (Å²) in [5.74, 6) is 1.57. The fourth-order valence-electron chi connectivity index (χ4n) is 2.14. The lowest BCUT2D eigenvalue weighted by Gasteiger charge is -2.20. The van der Waals surface area contributed by atoms with E-state index in [0.29, 0.717) is 11.5 Å². The second-order valence-electron chi connectivity index (χ2n) is 5.45. The highest BCUT2D eigenvalue weighted by molar-refractivity contribution is 5.42. The lowest BCUT2D eigenvalue weighted by molar-refractivity contribution is 0.353. The first kappa shape index (κ1) is 13.2. The largest absolute Gasteiger partial charge is 0.493 e. The van der Waals surface area contributed by atoms with Gasteiger partial charge in [0.1, 0.15) is 0 Å². The Hall–Kier alpha value is -1.22. The molecule has 1 unspecified atom stereocenters. The van der Waals surface area contributed by atoms with Gasteiger partial charge in [-0.05, 0) is 42.9 Å². The Balaban J connectivity index is 1.97. The van der Waals surface area contributed by atoms with Crippen LogP contribution in [-0.2, 0) is 6.54 Å². The highest BCUT2D eigenvalue weighted by Gasteiger charge is 2.42. The molecule has 100 valence electrons. The van der Waals surface area contributed by atoms with Gasteiger partial charge in [0.2, 0.25) is 0 Å². The Morgan fingerprint density at radius 3 is 2.44 bits per heavy atom. The fourth-order valence-corrected chi connectivity index (χ4v) is 2.14. The quantitative estimate of drug-likeness (QED) is 0.840. The highest BCUT2D eigenvalue weighted by atomic mass is 16.5. The van der Waals surface area contributed by atoms with E-state index in [9.17, 15) is 0 Å². The molecule has 1 saturated carbocycles. The van der Waals surface area contributed by atoms with Crippen molar-refractivity contribution in [2.45, 2.75) is 39.3 Å². The van der Waals surface area contributed by atoms with Gasteiger partial charge in [0, 0.05) is 12.6 Å². The molecule has 1 atom stereocenters. The second kappa shape index (κ2) is 5.19. The molecule has 3 heteroatoms. The number of nitrogens with one attached hydrogen (secondary N) is 1. The number of hydrogen-bond donors (Lipinski definition) is 1. The van der Waals surface area contributed by atoms with Crippen molar-refractivity contribution in [3.63, 3.8) is 0 Å². The Morgan fingerprint density at radius 2 is 1.89 bits per heavy atom.